The molecular formula is C24H25N3O4. The van der Waals surface area contributed by atoms with Crippen molar-refractivity contribution in [1.29, 1.82) is 0 Å². The predicted molar refractivity (Wildman–Crippen MR) is 114 cm³/mol. The number of ketones is 1. The number of nitrogens with zero attached hydrogens (tertiary/aromatic N) is 3. The van der Waals surface area contributed by atoms with E-state index in [1.807, 2.05) is 61.5 Å². The van der Waals surface area contributed by atoms with E-state index in [0.29, 0.717) is 17.9 Å². The number of imidazole rings is 1. The summed E-state index contributed by atoms with van der Waals surface area (Å²) < 4.78 is 6.53. The van der Waals surface area contributed by atoms with Gasteiger partial charge in [-0.2, -0.15) is 5.06 Å². The molecule has 0 amide bonds. The molecule has 0 aliphatic carbocycles. The smallest absolute Gasteiger partial charge is 0.337 e. The number of hydrogen-bond acceptors (Lipinski definition) is 6. The Labute approximate surface area is 181 Å². The summed E-state index contributed by atoms with van der Waals surface area (Å²) in [4.78, 5) is 35.8. The van der Waals surface area contributed by atoms with Crippen LogP contribution in [-0.2, 0) is 23.2 Å². The minimum absolute atomic E-state index is 0.0717. The van der Waals surface area contributed by atoms with Gasteiger partial charge in [0, 0.05) is 26.0 Å². The van der Waals surface area contributed by atoms with Crippen molar-refractivity contribution in [2.45, 2.75) is 25.6 Å². The lowest BCUT2D eigenvalue weighted by atomic mass is 9.86. The van der Waals surface area contributed by atoms with E-state index in [-0.39, 0.29) is 17.9 Å². The van der Waals surface area contributed by atoms with Crippen molar-refractivity contribution < 1.29 is 19.2 Å². The quantitative estimate of drug-likeness (QED) is 0.449. The molecule has 2 aromatic carbocycles. The van der Waals surface area contributed by atoms with Gasteiger partial charge in [0.1, 0.15) is 0 Å². The number of hydrogen-bond donors (Lipinski definition) is 0. The molecule has 160 valence electrons. The number of aryl methyl sites for hydroxylation is 1. The molecule has 0 spiro atoms. The Morgan fingerprint density at radius 1 is 1.10 bits per heavy atom. The molecule has 3 atom stereocenters. The molecule has 1 aliphatic rings. The van der Waals surface area contributed by atoms with Crippen molar-refractivity contribution in [3.63, 3.8) is 0 Å². The maximum atomic E-state index is 13.5. The number of methoxy groups -OCH3 is 1. The summed E-state index contributed by atoms with van der Waals surface area (Å²) in [6, 6.07) is 16.8. The molecule has 0 radical (unpaired) electrons. The number of carbonyl (C=O) groups is 2. The molecule has 31 heavy (non-hydrogen) atoms. The van der Waals surface area contributed by atoms with Gasteiger partial charge in [0.2, 0.25) is 5.78 Å². The van der Waals surface area contributed by atoms with Crippen molar-refractivity contribution in [2.24, 2.45) is 13.0 Å². The number of benzene rings is 2. The Hall–Kier alpha value is -3.29. The number of ether oxygens (including phenoxy) is 1. The molecule has 1 aliphatic heterocycles. The Kier molecular flexibility index (Phi) is 5.97. The average Bonchev–Trinajstić information content (AvgIpc) is 3.36. The molecule has 1 fully saturated rings. The third kappa shape index (κ3) is 4.15. The fourth-order valence-electron chi connectivity index (χ4n) is 4.10. The van der Waals surface area contributed by atoms with Crippen LogP contribution in [0.2, 0.25) is 0 Å². The van der Waals surface area contributed by atoms with Crippen LogP contribution in [-0.4, -0.2) is 39.6 Å². The maximum absolute atomic E-state index is 13.5. The summed E-state index contributed by atoms with van der Waals surface area (Å²) in [6.07, 6.45) is 3.05. The third-order valence-electron chi connectivity index (χ3n) is 5.66. The first-order valence-electron chi connectivity index (χ1n) is 10.2. The Morgan fingerprint density at radius 2 is 1.81 bits per heavy atom. The number of hydroxylamine groups is 2. The van der Waals surface area contributed by atoms with Crippen LogP contribution < -0.4 is 0 Å². The van der Waals surface area contributed by atoms with Crippen LogP contribution in [0.3, 0.4) is 0 Å². The summed E-state index contributed by atoms with van der Waals surface area (Å²) in [5.74, 6) is -0.519. The van der Waals surface area contributed by atoms with E-state index in [1.165, 1.54) is 7.11 Å². The van der Waals surface area contributed by atoms with Crippen LogP contribution in [0.4, 0.5) is 0 Å². The van der Waals surface area contributed by atoms with Crippen LogP contribution in [0.5, 0.6) is 0 Å². The lowest BCUT2D eigenvalue weighted by Crippen LogP contribution is -2.30. The van der Waals surface area contributed by atoms with Gasteiger partial charge in [-0.15, -0.1) is 0 Å². The maximum Gasteiger partial charge on any atom is 0.337 e. The molecule has 0 N–H and O–H groups in total. The zero-order chi connectivity index (χ0) is 22.0. The van der Waals surface area contributed by atoms with Gasteiger partial charge in [-0.1, -0.05) is 42.5 Å². The monoisotopic (exact) mass is 419 g/mol. The molecule has 0 bridgehead atoms. The van der Waals surface area contributed by atoms with Crippen molar-refractivity contribution >= 4 is 11.8 Å². The van der Waals surface area contributed by atoms with Crippen LogP contribution in [0, 0.1) is 5.92 Å². The van der Waals surface area contributed by atoms with Crippen molar-refractivity contribution in [3.8, 4) is 0 Å². The molecule has 2 heterocycles. The molecule has 4 rings (SSSR count). The van der Waals surface area contributed by atoms with Gasteiger partial charge in [0.05, 0.1) is 30.7 Å². The van der Waals surface area contributed by atoms with Gasteiger partial charge in [-0.3, -0.25) is 9.63 Å². The van der Waals surface area contributed by atoms with Crippen LogP contribution in [0.15, 0.2) is 67.0 Å². The first-order valence-corrected chi connectivity index (χ1v) is 10.2. The van der Waals surface area contributed by atoms with E-state index < -0.39 is 11.9 Å². The van der Waals surface area contributed by atoms with Crippen LogP contribution in [0.25, 0.3) is 0 Å². The summed E-state index contributed by atoms with van der Waals surface area (Å²) >= 11 is 0. The topological polar surface area (TPSA) is 73.7 Å². The molecule has 1 saturated heterocycles. The summed E-state index contributed by atoms with van der Waals surface area (Å²) in [5.41, 5.74) is 2.43. The van der Waals surface area contributed by atoms with E-state index in [2.05, 4.69) is 4.98 Å². The van der Waals surface area contributed by atoms with E-state index in [1.54, 1.807) is 29.1 Å². The van der Waals surface area contributed by atoms with Gasteiger partial charge in [-0.25, -0.2) is 9.78 Å². The highest BCUT2D eigenvalue weighted by Crippen LogP contribution is 2.41. The molecule has 0 saturated carbocycles. The average molecular weight is 419 g/mol. The molecule has 7 nitrogen and oxygen atoms in total. The van der Waals surface area contributed by atoms with E-state index in [9.17, 15) is 9.59 Å². The fourth-order valence-corrected chi connectivity index (χ4v) is 4.10. The minimum Gasteiger partial charge on any atom is -0.465 e. The second-order valence-electron chi connectivity index (χ2n) is 7.68. The standard InChI is InChI=1S/C24H25N3O4/c1-16-20(22(28)23-25-13-14-26(23)2)21(18-9-11-19(12-10-18)24(29)30-3)27(31-16)15-17-7-5-4-6-8-17/h4-14,16,20-21H,15H2,1-3H3/t16-,20-,21+/m1/s1. The summed E-state index contributed by atoms with van der Waals surface area (Å²) in [7, 11) is 3.16. The number of esters is 1. The highest BCUT2D eigenvalue weighted by molar-refractivity contribution is 5.96. The van der Waals surface area contributed by atoms with Gasteiger partial charge >= 0.3 is 5.97 Å². The van der Waals surface area contributed by atoms with Crippen LogP contribution in [0.1, 0.15) is 45.1 Å². The second kappa shape index (κ2) is 8.83. The van der Waals surface area contributed by atoms with E-state index >= 15 is 0 Å². The third-order valence-corrected chi connectivity index (χ3v) is 5.66. The SMILES string of the molecule is COC(=O)c1ccc([C@H]2[C@H](C(=O)c3nccn3C)[C@@H](C)ON2Cc2ccccc2)cc1. The van der Waals surface area contributed by atoms with E-state index in [0.717, 1.165) is 11.1 Å². The molecule has 0 unspecified atom stereocenters. The summed E-state index contributed by atoms with van der Waals surface area (Å²) in [6.45, 7) is 2.44. The molecular weight excluding hydrogens is 394 g/mol. The number of Topliss-reactive ketones (excluding diaryl/α,β-unsaturated/α-hetero) is 1. The Balaban J connectivity index is 1.71. The van der Waals surface area contributed by atoms with Gasteiger partial charge in [0.25, 0.3) is 0 Å². The zero-order valence-corrected chi connectivity index (χ0v) is 17.8. The fraction of sp³-hybridized carbons (Fsp3) is 0.292. The highest BCUT2D eigenvalue weighted by atomic mass is 16.7. The Bertz CT molecular complexity index is 1060. The second-order valence-corrected chi connectivity index (χ2v) is 7.68. The van der Waals surface area contributed by atoms with Crippen LogP contribution >= 0.6 is 0 Å². The first kappa shape index (κ1) is 21.0. The lowest BCUT2D eigenvalue weighted by Gasteiger charge is -2.26. The normalized spacial score (nSPS) is 21.2. The summed E-state index contributed by atoms with van der Waals surface area (Å²) in [5, 5.41) is 1.86. The van der Waals surface area contributed by atoms with Crippen molar-refractivity contribution in [3.05, 3.63) is 89.5 Å². The predicted octanol–water partition coefficient (Wildman–Crippen LogP) is 3.58. The van der Waals surface area contributed by atoms with Gasteiger partial charge in [-0.05, 0) is 30.2 Å². The zero-order valence-electron chi connectivity index (χ0n) is 17.8. The number of rotatable bonds is 6. The van der Waals surface area contributed by atoms with Crippen molar-refractivity contribution in [1.82, 2.24) is 14.6 Å². The molecule has 3 aromatic rings. The van der Waals surface area contributed by atoms with Crippen molar-refractivity contribution in [2.75, 3.05) is 7.11 Å². The largest absolute Gasteiger partial charge is 0.465 e. The molecule has 1 aromatic heterocycles. The minimum atomic E-state index is -0.450. The lowest BCUT2D eigenvalue weighted by molar-refractivity contribution is -0.166. The van der Waals surface area contributed by atoms with Gasteiger partial charge in [0.15, 0.2) is 5.82 Å². The molecule has 7 heteroatoms. The number of aromatic nitrogens is 2. The highest BCUT2D eigenvalue weighted by Gasteiger charge is 2.47. The first-order chi connectivity index (χ1) is 15.0. The van der Waals surface area contributed by atoms with E-state index in [4.69, 9.17) is 9.57 Å². The van der Waals surface area contributed by atoms with Gasteiger partial charge < -0.3 is 9.30 Å². The number of carbonyl (C=O) groups excluding carboxylic acids is 2. The Morgan fingerprint density at radius 3 is 2.42 bits per heavy atom.